The molecule has 2 rings (SSSR count). The van der Waals surface area contributed by atoms with Gasteiger partial charge in [0.15, 0.2) is 0 Å². The maximum Gasteiger partial charge on any atom is 0.122 e. The van der Waals surface area contributed by atoms with Gasteiger partial charge in [-0.05, 0) is 38.4 Å². The van der Waals surface area contributed by atoms with Gasteiger partial charge in [0.1, 0.15) is 5.76 Å². The Morgan fingerprint density at radius 1 is 1.53 bits per heavy atom. The number of hydrogen-bond donors (Lipinski definition) is 1. The number of likely N-dealkylation sites (tertiary alicyclic amines) is 1. The summed E-state index contributed by atoms with van der Waals surface area (Å²) in [5.74, 6) is 2.01. The molecule has 1 fully saturated rings. The zero-order valence-electron chi connectivity index (χ0n) is 11.0. The molecule has 96 valence electrons. The molecule has 3 nitrogen and oxygen atoms in total. The lowest BCUT2D eigenvalue weighted by Gasteiger charge is -2.15. The molecule has 1 aromatic rings. The molecular formula is C14H24N2O. The number of rotatable bonds is 6. The van der Waals surface area contributed by atoms with E-state index in [1.165, 1.54) is 37.9 Å². The van der Waals surface area contributed by atoms with Crippen LogP contribution in [0.3, 0.4) is 0 Å². The van der Waals surface area contributed by atoms with Gasteiger partial charge in [0.05, 0.1) is 12.8 Å². The molecular weight excluding hydrogens is 212 g/mol. The molecule has 0 aromatic carbocycles. The van der Waals surface area contributed by atoms with Gasteiger partial charge in [0.25, 0.3) is 0 Å². The normalized spacial score (nSPS) is 21.2. The summed E-state index contributed by atoms with van der Waals surface area (Å²) < 4.78 is 5.50. The van der Waals surface area contributed by atoms with E-state index < -0.39 is 0 Å². The molecule has 2 heterocycles. The third-order valence-corrected chi connectivity index (χ3v) is 3.64. The lowest BCUT2D eigenvalue weighted by atomic mass is 10.0. The number of furan rings is 1. The number of hydrogen-bond acceptors (Lipinski definition) is 3. The van der Waals surface area contributed by atoms with Crippen molar-refractivity contribution in [1.29, 1.82) is 0 Å². The smallest absolute Gasteiger partial charge is 0.122 e. The van der Waals surface area contributed by atoms with Crippen molar-refractivity contribution < 1.29 is 4.42 Å². The van der Waals surface area contributed by atoms with Crippen LogP contribution in [-0.4, -0.2) is 25.0 Å². The molecule has 3 heteroatoms. The molecule has 0 saturated carbocycles. The molecule has 1 N–H and O–H groups in total. The average Bonchev–Trinajstić information content (AvgIpc) is 2.91. The Kier molecular flexibility index (Phi) is 4.63. The van der Waals surface area contributed by atoms with Crippen molar-refractivity contribution in [2.75, 3.05) is 20.1 Å². The van der Waals surface area contributed by atoms with Gasteiger partial charge in [-0.15, -0.1) is 0 Å². The lowest BCUT2D eigenvalue weighted by molar-refractivity contribution is 0.309. The van der Waals surface area contributed by atoms with Gasteiger partial charge in [0, 0.05) is 18.7 Å². The predicted molar refractivity (Wildman–Crippen MR) is 69.8 cm³/mol. The largest absolute Gasteiger partial charge is 0.468 e. The van der Waals surface area contributed by atoms with Crippen molar-refractivity contribution in [1.82, 2.24) is 10.2 Å². The molecule has 0 radical (unpaired) electrons. The summed E-state index contributed by atoms with van der Waals surface area (Å²) in [4.78, 5) is 2.56. The van der Waals surface area contributed by atoms with Gasteiger partial charge < -0.3 is 9.73 Å². The highest BCUT2D eigenvalue weighted by Crippen LogP contribution is 2.23. The minimum atomic E-state index is 0.828. The van der Waals surface area contributed by atoms with Crippen molar-refractivity contribution in [3.8, 4) is 0 Å². The fourth-order valence-corrected chi connectivity index (χ4v) is 2.76. The summed E-state index contributed by atoms with van der Waals surface area (Å²) in [7, 11) is 1.96. The van der Waals surface area contributed by atoms with Crippen LogP contribution in [0.25, 0.3) is 0 Å². The Labute approximate surface area is 104 Å². The first-order valence-electron chi connectivity index (χ1n) is 6.75. The summed E-state index contributed by atoms with van der Waals surface area (Å²) in [5, 5.41) is 3.15. The van der Waals surface area contributed by atoms with Gasteiger partial charge in [-0.25, -0.2) is 0 Å². The molecule has 1 unspecified atom stereocenters. The van der Waals surface area contributed by atoms with Crippen LogP contribution in [0, 0.1) is 5.92 Å². The molecule has 1 atom stereocenters. The van der Waals surface area contributed by atoms with E-state index >= 15 is 0 Å². The lowest BCUT2D eigenvalue weighted by Crippen LogP contribution is -2.21. The van der Waals surface area contributed by atoms with Crippen molar-refractivity contribution in [2.24, 2.45) is 5.92 Å². The molecule has 1 aliphatic rings. The maximum atomic E-state index is 5.50. The van der Waals surface area contributed by atoms with Crippen molar-refractivity contribution in [3.63, 3.8) is 0 Å². The van der Waals surface area contributed by atoms with E-state index in [0.29, 0.717) is 0 Å². The quantitative estimate of drug-likeness (QED) is 0.823. The molecule has 0 spiro atoms. The SMILES string of the molecule is CCCC1CCN(Cc2ccoc2CNC)C1. The first-order chi connectivity index (χ1) is 8.33. The van der Waals surface area contributed by atoms with Gasteiger partial charge in [0.2, 0.25) is 0 Å². The van der Waals surface area contributed by atoms with E-state index in [2.05, 4.69) is 23.2 Å². The van der Waals surface area contributed by atoms with Gasteiger partial charge >= 0.3 is 0 Å². The van der Waals surface area contributed by atoms with Gasteiger partial charge in [-0.2, -0.15) is 0 Å². The fourth-order valence-electron chi connectivity index (χ4n) is 2.76. The number of nitrogens with zero attached hydrogens (tertiary/aromatic N) is 1. The fraction of sp³-hybridized carbons (Fsp3) is 0.714. The van der Waals surface area contributed by atoms with E-state index in [-0.39, 0.29) is 0 Å². The van der Waals surface area contributed by atoms with E-state index in [1.54, 1.807) is 0 Å². The predicted octanol–water partition coefficient (Wildman–Crippen LogP) is 2.62. The first kappa shape index (κ1) is 12.7. The third-order valence-electron chi connectivity index (χ3n) is 3.64. The van der Waals surface area contributed by atoms with Crippen molar-refractivity contribution >= 4 is 0 Å². The first-order valence-corrected chi connectivity index (χ1v) is 6.75. The second-order valence-corrected chi connectivity index (χ2v) is 5.08. The Bertz CT molecular complexity index is 335. The Morgan fingerprint density at radius 3 is 3.18 bits per heavy atom. The highest BCUT2D eigenvalue weighted by molar-refractivity contribution is 5.17. The summed E-state index contributed by atoms with van der Waals surface area (Å²) in [6.45, 7) is 6.67. The molecule has 0 aliphatic carbocycles. The third kappa shape index (κ3) is 3.33. The summed E-state index contributed by atoms with van der Waals surface area (Å²) in [6.07, 6.45) is 5.87. The molecule has 17 heavy (non-hydrogen) atoms. The van der Waals surface area contributed by atoms with Crippen LogP contribution in [0.15, 0.2) is 16.7 Å². The van der Waals surface area contributed by atoms with E-state index in [1.807, 2.05) is 13.3 Å². The summed E-state index contributed by atoms with van der Waals surface area (Å²) >= 11 is 0. The van der Waals surface area contributed by atoms with Crippen LogP contribution in [0.5, 0.6) is 0 Å². The molecule has 1 aromatic heterocycles. The zero-order valence-corrected chi connectivity index (χ0v) is 11.0. The van der Waals surface area contributed by atoms with Crippen molar-refractivity contribution in [3.05, 3.63) is 23.7 Å². The molecule has 1 aliphatic heterocycles. The minimum absolute atomic E-state index is 0.828. The molecule has 0 bridgehead atoms. The van der Waals surface area contributed by atoms with Crippen LogP contribution in [-0.2, 0) is 13.1 Å². The Morgan fingerprint density at radius 2 is 2.41 bits per heavy atom. The monoisotopic (exact) mass is 236 g/mol. The Hall–Kier alpha value is -0.800. The maximum absolute atomic E-state index is 5.50. The average molecular weight is 236 g/mol. The van der Waals surface area contributed by atoms with Crippen LogP contribution < -0.4 is 5.32 Å². The topological polar surface area (TPSA) is 28.4 Å². The zero-order chi connectivity index (χ0) is 12.1. The van der Waals surface area contributed by atoms with Crippen LogP contribution >= 0.6 is 0 Å². The second-order valence-electron chi connectivity index (χ2n) is 5.08. The van der Waals surface area contributed by atoms with Crippen LogP contribution in [0.1, 0.15) is 37.5 Å². The van der Waals surface area contributed by atoms with E-state index in [9.17, 15) is 0 Å². The molecule has 0 amide bonds. The second kappa shape index (κ2) is 6.22. The van der Waals surface area contributed by atoms with Crippen molar-refractivity contribution in [2.45, 2.75) is 39.3 Å². The highest BCUT2D eigenvalue weighted by atomic mass is 16.3. The Balaban J connectivity index is 1.86. The van der Waals surface area contributed by atoms with E-state index in [4.69, 9.17) is 4.42 Å². The number of nitrogens with one attached hydrogen (secondary N) is 1. The highest BCUT2D eigenvalue weighted by Gasteiger charge is 2.22. The minimum Gasteiger partial charge on any atom is -0.468 e. The van der Waals surface area contributed by atoms with Crippen LogP contribution in [0.2, 0.25) is 0 Å². The van der Waals surface area contributed by atoms with E-state index in [0.717, 1.165) is 24.8 Å². The summed E-state index contributed by atoms with van der Waals surface area (Å²) in [6, 6.07) is 2.11. The summed E-state index contributed by atoms with van der Waals surface area (Å²) in [5.41, 5.74) is 1.34. The van der Waals surface area contributed by atoms with Crippen LogP contribution in [0.4, 0.5) is 0 Å². The molecule has 1 saturated heterocycles. The standard InChI is InChI=1S/C14H24N2O/c1-3-4-12-5-7-16(10-12)11-13-6-8-17-14(13)9-15-2/h6,8,12,15H,3-5,7,9-11H2,1-2H3. The van der Waals surface area contributed by atoms with Gasteiger partial charge in [-0.3, -0.25) is 4.90 Å². The van der Waals surface area contributed by atoms with Gasteiger partial charge in [-0.1, -0.05) is 13.3 Å².